The van der Waals surface area contributed by atoms with Gasteiger partial charge in [-0.3, -0.25) is 4.79 Å². The molecule has 0 radical (unpaired) electrons. The Morgan fingerprint density at radius 1 is 1.22 bits per heavy atom. The molecule has 2 aromatic carbocycles. The zero-order valence-corrected chi connectivity index (χ0v) is 14.8. The fraction of sp³-hybridized carbons (Fsp3) is 0.118. The van der Waals surface area contributed by atoms with E-state index in [2.05, 4.69) is 31.2 Å². The Morgan fingerprint density at radius 2 is 2.00 bits per heavy atom. The molecule has 4 nitrogen and oxygen atoms in total. The lowest BCUT2D eigenvalue weighted by Crippen LogP contribution is -2.15. The lowest BCUT2D eigenvalue weighted by atomic mass is 10.1. The second kappa shape index (κ2) is 7.10. The molecule has 0 unspecified atom stereocenters. The van der Waals surface area contributed by atoms with Crippen LogP contribution in [0, 0.1) is 0 Å². The number of anilines is 1. The molecule has 0 fully saturated rings. The van der Waals surface area contributed by atoms with Gasteiger partial charge in [0, 0.05) is 17.3 Å². The Bertz CT molecular complexity index is 864. The molecule has 0 aliphatic heterocycles. The van der Waals surface area contributed by atoms with Crippen LogP contribution >= 0.6 is 27.7 Å². The van der Waals surface area contributed by atoms with Crippen molar-refractivity contribution in [1.29, 1.82) is 0 Å². The number of carbonyl (C=O) groups excluding carboxylic acids is 1. The van der Waals surface area contributed by atoms with E-state index in [9.17, 15) is 4.79 Å². The normalized spacial score (nSPS) is 10.7. The third-order valence-electron chi connectivity index (χ3n) is 3.25. The first-order chi connectivity index (χ1) is 11.2. The van der Waals surface area contributed by atoms with Crippen molar-refractivity contribution >= 4 is 50.1 Å². The van der Waals surface area contributed by atoms with E-state index in [4.69, 9.17) is 0 Å². The largest absolute Gasteiger partial charge is 0.320 e. The molecule has 0 saturated carbocycles. The standard InChI is InChI=1S/C17H14BrN3OS/c1-2-23-17-19-10-13(18)15(21-17)16(22)20-14-9-5-7-11-6-3-4-8-12(11)14/h3-10H,2H2,1H3,(H,20,22). The molecule has 1 N–H and O–H groups in total. The lowest BCUT2D eigenvalue weighted by Gasteiger charge is -2.09. The summed E-state index contributed by atoms with van der Waals surface area (Å²) in [4.78, 5) is 21.1. The first kappa shape index (κ1) is 16.0. The second-order valence-corrected chi connectivity index (χ2v) is 6.85. The SMILES string of the molecule is CCSc1ncc(Br)c(C(=O)Nc2cccc3ccccc23)n1. The molecule has 1 heterocycles. The summed E-state index contributed by atoms with van der Waals surface area (Å²) in [5.74, 6) is 0.597. The molecule has 0 aliphatic carbocycles. The molecule has 0 atom stereocenters. The fourth-order valence-corrected chi connectivity index (χ4v) is 3.14. The van der Waals surface area contributed by atoms with Crippen LogP contribution in [0.25, 0.3) is 10.8 Å². The van der Waals surface area contributed by atoms with Gasteiger partial charge < -0.3 is 5.32 Å². The van der Waals surface area contributed by atoms with Gasteiger partial charge in [-0.15, -0.1) is 0 Å². The summed E-state index contributed by atoms with van der Waals surface area (Å²) in [6.45, 7) is 2.02. The maximum absolute atomic E-state index is 12.6. The number of carbonyl (C=O) groups is 1. The van der Waals surface area contributed by atoms with Crippen LogP contribution in [0.4, 0.5) is 5.69 Å². The zero-order valence-electron chi connectivity index (χ0n) is 12.4. The quantitative estimate of drug-likeness (QED) is 0.517. The number of nitrogens with zero attached hydrogens (tertiary/aromatic N) is 2. The lowest BCUT2D eigenvalue weighted by molar-refractivity contribution is 0.102. The summed E-state index contributed by atoms with van der Waals surface area (Å²) < 4.78 is 0.579. The maximum Gasteiger partial charge on any atom is 0.275 e. The van der Waals surface area contributed by atoms with Crippen LogP contribution < -0.4 is 5.32 Å². The summed E-state index contributed by atoms with van der Waals surface area (Å²) >= 11 is 4.85. The summed E-state index contributed by atoms with van der Waals surface area (Å²) in [6, 6.07) is 13.8. The van der Waals surface area contributed by atoms with Gasteiger partial charge in [-0.2, -0.15) is 0 Å². The molecule has 1 aromatic heterocycles. The summed E-state index contributed by atoms with van der Waals surface area (Å²) in [7, 11) is 0. The summed E-state index contributed by atoms with van der Waals surface area (Å²) in [5, 5.41) is 5.61. The number of nitrogens with one attached hydrogen (secondary N) is 1. The van der Waals surface area contributed by atoms with Crippen LogP contribution in [0.2, 0.25) is 0 Å². The van der Waals surface area contributed by atoms with Crippen molar-refractivity contribution in [3.63, 3.8) is 0 Å². The Hall–Kier alpha value is -1.92. The number of amides is 1. The minimum atomic E-state index is -0.256. The highest BCUT2D eigenvalue weighted by molar-refractivity contribution is 9.10. The molecule has 1 amide bonds. The number of aromatic nitrogens is 2. The summed E-state index contributed by atoms with van der Waals surface area (Å²) in [5.41, 5.74) is 1.10. The van der Waals surface area contributed by atoms with Crippen LogP contribution in [-0.4, -0.2) is 21.6 Å². The number of benzene rings is 2. The molecular weight excluding hydrogens is 374 g/mol. The Morgan fingerprint density at radius 3 is 2.83 bits per heavy atom. The molecule has 0 bridgehead atoms. The average molecular weight is 388 g/mol. The van der Waals surface area contributed by atoms with Crippen molar-refractivity contribution in [2.24, 2.45) is 0 Å². The van der Waals surface area contributed by atoms with E-state index in [0.29, 0.717) is 15.3 Å². The van der Waals surface area contributed by atoms with E-state index in [1.807, 2.05) is 49.4 Å². The highest BCUT2D eigenvalue weighted by Crippen LogP contribution is 2.25. The first-order valence-electron chi connectivity index (χ1n) is 7.13. The fourth-order valence-electron chi connectivity index (χ4n) is 2.22. The van der Waals surface area contributed by atoms with E-state index in [1.165, 1.54) is 11.8 Å². The van der Waals surface area contributed by atoms with Crippen molar-refractivity contribution in [2.45, 2.75) is 12.1 Å². The van der Waals surface area contributed by atoms with Gasteiger partial charge in [0.15, 0.2) is 5.16 Å². The maximum atomic E-state index is 12.6. The summed E-state index contributed by atoms with van der Waals surface area (Å²) in [6.07, 6.45) is 1.61. The predicted octanol–water partition coefficient (Wildman–Crippen LogP) is 4.76. The van der Waals surface area contributed by atoms with Crippen molar-refractivity contribution in [3.05, 3.63) is 58.8 Å². The van der Waals surface area contributed by atoms with Gasteiger partial charge in [-0.1, -0.05) is 55.1 Å². The van der Waals surface area contributed by atoms with E-state index in [-0.39, 0.29) is 5.91 Å². The Labute approximate surface area is 146 Å². The zero-order chi connectivity index (χ0) is 16.2. The van der Waals surface area contributed by atoms with Crippen LogP contribution in [0.1, 0.15) is 17.4 Å². The van der Waals surface area contributed by atoms with Crippen molar-refractivity contribution in [2.75, 3.05) is 11.1 Å². The van der Waals surface area contributed by atoms with E-state index in [0.717, 1.165) is 22.2 Å². The highest BCUT2D eigenvalue weighted by Gasteiger charge is 2.15. The molecule has 3 rings (SSSR count). The van der Waals surface area contributed by atoms with Crippen molar-refractivity contribution < 1.29 is 4.79 Å². The van der Waals surface area contributed by atoms with Gasteiger partial charge >= 0.3 is 0 Å². The van der Waals surface area contributed by atoms with Crippen LogP contribution in [-0.2, 0) is 0 Å². The van der Waals surface area contributed by atoms with Crippen LogP contribution in [0.3, 0.4) is 0 Å². The molecule has 3 aromatic rings. The number of halogens is 1. The van der Waals surface area contributed by atoms with Gasteiger partial charge in [-0.25, -0.2) is 9.97 Å². The van der Waals surface area contributed by atoms with Crippen LogP contribution in [0.15, 0.2) is 58.3 Å². The van der Waals surface area contributed by atoms with Crippen molar-refractivity contribution in [1.82, 2.24) is 9.97 Å². The third-order valence-corrected chi connectivity index (χ3v) is 4.57. The molecular formula is C17H14BrN3OS. The first-order valence-corrected chi connectivity index (χ1v) is 8.91. The molecule has 0 aliphatic rings. The monoisotopic (exact) mass is 387 g/mol. The van der Waals surface area contributed by atoms with E-state index >= 15 is 0 Å². The number of thioether (sulfide) groups is 1. The minimum Gasteiger partial charge on any atom is -0.320 e. The average Bonchev–Trinajstić information content (AvgIpc) is 2.57. The number of rotatable bonds is 4. The molecule has 6 heteroatoms. The smallest absolute Gasteiger partial charge is 0.275 e. The van der Waals surface area contributed by atoms with Gasteiger partial charge in [0.05, 0.1) is 4.47 Å². The molecule has 23 heavy (non-hydrogen) atoms. The van der Waals surface area contributed by atoms with Crippen LogP contribution in [0.5, 0.6) is 0 Å². The molecule has 0 spiro atoms. The Kier molecular flexibility index (Phi) is 4.93. The van der Waals surface area contributed by atoms with Gasteiger partial charge in [0.25, 0.3) is 5.91 Å². The highest BCUT2D eigenvalue weighted by atomic mass is 79.9. The van der Waals surface area contributed by atoms with E-state index in [1.54, 1.807) is 6.20 Å². The van der Waals surface area contributed by atoms with Gasteiger partial charge in [0.2, 0.25) is 0 Å². The molecule has 116 valence electrons. The molecule has 0 saturated heterocycles. The third kappa shape index (κ3) is 3.54. The van der Waals surface area contributed by atoms with Gasteiger partial charge in [0.1, 0.15) is 5.69 Å². The Balaban J connectivity index is 1.93. The van der Waals surface area contributed by atoms with E-state index < -0.39 is 0 Å². The van der Waals surface area contributed by atoms with Gasteiger partial charge in [-0.05, 0) is 33.1 Å². The van der Waals surface area contributed by atoms with Crippen molar-refractivity contribution in [3.8, 4) is 0 Å². The predicted molar refractivity (Wildman–Crippen MR) is 98.0 cm³/mol. The number of hydrogen-bond donors (Lipinski definition) is 1. The topological polar surface area (TPSA) is 54.9 Å². The number of fused-ring (bicyclic) bond motifs is 1. The number of hydrogen-bond acceptors (Lipinski definition) is 4. The minimum absolute atomic E-state index is 0.256. The second-order valence-electron chi connectivity index (χ2n) is 4.76.